The lowest BCUT2D eigenvalue weighted by Gasteiger charge is -2.16. The third-order valence-electron chi connectivity index (χ3n) is 3.82. The van der Waals surface area contributed by atoms with Crippen LogP contribution < -0.4 is 10.1 Å². The molecular formula is C16H13F3N2O2. The van der Waals surface area contributed by atoms with Crippen molar-refractivity contribution in [3.05, 3.63) is 41.6 Å². The molecule has 0 aliphatic carbocycles. The number of anilines is 1. The van der Waals surface area contributed by atoms with Crippen LogP contribution >= 0.6 is 0 Å². The molecule has 1 aromatic carbocycles. The fourth-order valence-corrected chi connectivity index (χ4v) is 2.66. The first-order chi connectivity index (χ1) is 10.8. The SMILES string of the molecule is COc1nc(C(F)(F)F)cc2c1-c1ccccc1C(C)C(=O)N2. The van der Waals surface area contributed by atoms with E-state index in [1.165, 1.54) is 7.11 Å². The molecule has 0 saturated carbocycles. The maximum atomic E-state index is 13.0. The topological polar surface area (TPSA) is 51.2 Å². The quantitative estimate of drug-likeness (QED) is 0.868. The molecule has 2 aromatic rings. The van der Waals surface area contributed by atoms with Gasteiger partial charge in [0.15, 0.2) is 5.69 Å². The molecule has 4 nitrogen and oxygen atoms in total. The predicted molar refractivity (Wildman–Crippen MR) is 78.3 cm³/mol. The highest BCUT2D eigenvalue weighted by molar-refractivity contribution is 6.04. The number of carbonyl (C=O) groups is 1. The van der Waals surface area contributed by atoms with Crippen LogP contribution in [0.3, 0.4) is 0 Å². The number of nitrogens with one attached hydrogen (secondary N) is 1. The maximum absolute atomic E-state index is 13.0. The number of alkyl halides is 3. The van der Waals surface area contributed by atoms with Crippen LogP contribution in [0.25, 0.3) is 11.1 Å². The zero-order valence-electron chi connectivity index (χ0n) is 12.4. The molecule has 1 atom stereocenters. The number of rotatable bonds is 1. The fraction of sp³-hybridized carbons (Fsp3) is 0.250. The third kappa shape index (κ3) is 2.52. The molecule has 120 valence electrons. The molecule has 7 heteroatoms. The average molecular weight is 322 g/mol. The minimum atomic E-state index is -4.63. The Balaban J connectivity index is 2.35. The molecular weight excluding hydrogens is 309 g/mol. The van der Waals surface area contributed by atoms with Crippen LogP contribution in [0.2, 0.25) is 0 Å². The van der Waals surface area contributed by atoms with E-state index < -0.39 is 17.8 Å². The number of pyridine rings is 1. The number of carbonyl (C=O) groups excluding carboxylic acids is 1. The van der Waals surface area contributed by atoms with E-state index >= 15 is 0 Å². The van der Waals surface area contributed by atoms with E-state index in [2.05, 4.69) is 10.3 Å². The summed E-state index contributed by atoms with van der Waals surface area (Å²) < 4.78 is 44.1. The van der Waals surface area contributed by atoms with Crippen LogP contribution in [0.1, 0.15) is 24.1 Å². The molecule has 0 radical (unpaired) electrons. The lowest BCUT2D eigenvalue weighted by molar-refractivity contribution is -0.141. The van der Waals surface area contributed by atoms with E-state index in [-0.39, 0.29) is 17.5 Å². The van der Waals surface area contributed by atoms with Crippen molar-refractivity contribution in [2.45, 2.75) is 19.0 Å². The Bertz CT molecular complexity index is 787. The van der Waals surface area contributed by atoms with Crippen LogP contribution in [0.5, 0.6) is 5.88 Å². The summed E-state index contributed by atoms with van der Waals surface area (Å²) in [5, 5.41) is 2.55. The number of aromatic nitrogens is 1. The highest BCUT2D eigenvalue weighted by atomic mass is 19.4. The Morgan fingerprint density at radius 1 is 1.26 bits per heavy atom. The monoisotopic (exact) mass is 322 g/mol. The normalized spacial score (nSPS) is 16.9. The van der Waals surface area contributed by atoms with Crippen LogP contribution in [0.15, 0.2) is 30.3 Å². The average Bonchev–Trinajstić information content (AvgIpc) is 2.62. The number of halogens is 3. The summed E-state index contributed by atoms with van der Waals surface area (Å²) in [5.74, 6) is -1.05. The van der Waals surface area contributed by atoms with E-state index in [1.807, 2.05) is 0 Å². The van der Waals surface area contributed by atoms with Crippen molar-refractivity contribution in [2.75, 3.05) is 12.4 Å². The van der Waals surface area contributed by atoms with E-state index in [0.717, 1.165) is 6.07 Å². The van der Waals surface area contributed by atoms with Crippen LogP contribution in [0.4, 0.5) is 18.9 Å². The van der Waals surface area contributed by atoms with Crippen molar-refractivity contribution >= 4 is 11.6 Å². The minimum absolute atomic E-state index is 0.0472. The Kier molecular flexibility index (Phi) is 3.50. The van der Waals surface area contributed by atoms with Gasteiger partial charge >= 0.3 is 6.18 Å². The molecule has 2 heterocycles. The molecule has 1 amide bonds. The smallest absolute Gasteiger partial charge is 0.433 e. The molecule has 23 heavy (non-hydrogen) atoms. The summed E-state index contributed by atoms with van der Waals surface area (Å²) in [6, 6.07) is 7.87. The van der Waals surface area contributed by atoms with Gasteiger partial charge in [0.05, 0.1) is 24.3 Å². The Morgan fingerprint density at radius 2 is 1.96 bits per heavy atom. The van der Waals surface area contributed by atoms with E-state index in [9.17, 15) is 18.0 Å². The largest absolute Gasteiger partial charge is 0.480 e. The summed E-state index contributed by atoms with van der Waals surface area (Å²) in [5.41, 5.74) is 0.634. The molecule has 1 aliphatic rings. The number of methoxy groups -OCH3 is 1. The van der Waals surface area contributed by atoms with Crippen LogP contribution in [-0.2, 0) is 11.0 Å². The number of hydrogen-bond donors (Lipinski definition) is 1. The summed E-state index contributed by atoms with van der Waals surface area (Å²) >= 11 is 0. The molecule has 1 aliphatic heterocycles. The zero-order valence-corrected chi connectivity index (χ0v) is 12.4. The lowest BCUT2D eigenvalue weighted by atomic mass is 9.92. The second-order valence-corrected chi connectivity index (χ2v) is 5.24. The number of benzene rings is 1. The van der Waals surface area contributed by atoms with E-state index in [0.29, 0.717) is 16.7 Å². The van der Waals surface area contributed by atoms with E-state index in [4.69, 9.17) is 4.74 Å². The Labute approximate surface area is 130 Å². The number of amides is 1. The highest BCUT2D eigenvalue weighted by Crippen LogP contribution is 2.44. The first-order valence-electron chi connectivity index (χ1n) is 6.89. The van der Waals surface area contributed by atoms with Crippen LogP contribution in [0, 0.1) is 0 Å². The highest BCUT2D eigenvalue weighted by Gasteiger charge is 2.36. The van der Waals surface area contributed by atoms with Gasteiger partial charge < -0.3 is 10.1 Å². The van der Waals surface area contributed by atoms with Gasteiger partial charge in [0, 0.05) is 0 Å². The lowest BCUT2D eigenvalue weighted by Crippen LogP contribution is -2.18. The van der Waals surface area contributed by atoms with Crippen molar-refractivity contribution in [2.24, 2.45) is 0 Å². The third-order valence-corrected chi connectivity index (χ3v) is 3.82. The van der Waals surface area contributed by atoms with Gasteiger partial charge in [-0.1, -0.05) is 24.3 Å². The Morgan fingerprint density at radius 3 is 2.61 bits per heavy atom. The minimum Gasteiger partial charge on any atom is -0.480 e. The second kappa shape index (κ2) is 5.26. The maximum Gasteiger partial charge on any atom is 0.433 e. The van der Waals surface area contributed by atoms with Gasteiger partial charge in [-0.15, -0.1) is 0 Å². The second-order valence-electron chi connectivity index (χ2n) is 5.24. The van der Waals surface area contributed by atoms with Crippen molar-refractivity contribution in [3.8, 4) is 17.0 Å². The number of nitrogens with zero attached hydrogens (tertiary/aromatic N) is 1. The molecule has 0 saturated heterocycles. The van der Waals surface area contributed by atoms with Gasteiger partial charge in [-0.25, -0.2) is 4.98 Å². The molecule has 1 N–H and O–H groups in total. The molecule has 1 unspecified atom stereocenters. The first-order valence-corrected chi connectivity index (χ1v) is 6.89. The van der Waals surface area contributed by atoms with Gasteiger partial charge in [-0.05, 0) is 24.1 Å². The Hall–Kier alpha value is -2.57. The number of ether oxygens (including phenoxy) is 1. The van der Waals surface area contributed by atoms with Crippen molar-refractivity contribution < 1.29 is 22.7 Å². The molecule has 0 bridgehead atoms. The summed E-state index contributed by atoms with van der Waals surface area (Å²) in [4.78, 5) is 15.8. The standard InChI is InChI=1S/C16H13F3N2O2/c1-8-9-5-3-4-6-10(9)13-11(20-14(8)22)7-12(16(17,18)19)21-15(13)23-2/h3-8H,1-2H3,(H,20,22). The van der Waals surface area contributed by atoms with Gasteiger partial charge in [0.2, 0.25) is 11.8 Å². The predicted octanol–water partition coefficient (Wildman–Crippen LogP) is 3.83. The van der Waals surface area contributed by atoms with E-state index in [1.54, 1.807) is 31.2 Å². The number of fused-ring (bicyclic) bond motifs is 3. The summed E-state index contributed by atoms with van der Waals surface area (Å²) in [6.07, 6.45) is -4.63. The zero-order chi connectivity index (χ0) is 16.8. The van der Waals surface area contributed by atoms with Crippen LogP contribution in [-0.4, -0.2) is 18.0 Å². The van der Waals surface area contributed by atoms with Crippen molar-refractivity contribution in [1.29, 1.82) is 0 Å². The summed E-state index contributed by atoms with van der Waals surface area (Å²) in [6.45, 7) is 1.70. The fourth-order valence-electron chi connectivity index (χ4n) is 2.66. The molecule has 1 aromatic heterocycles. The van der Waals surface area contributed by atoms with Gasteiger partial charge in [-0.3, -0.25) is 4.79 Å². The molecule has 0 spiro atoms. The van der Waals surface area contributed by atoms with Crippen molar-refractivity contribution in [1.82, 2.24) is 4.98 Å². The van der Waals surface area contributed by atoms with Gasteiger partial charge in [-0.2, -0.15) is 13.2 Å². The number of hydrogen-bond acceptors (Lipinski definition) is 3. The molecule has 0 fully saturated rings. The van der Waals surface area contributed by atoms with Gasteiger partial charge in [0.1, 0.15) is 0 Å². The summed E-state index contributed by atoms with van der Waals surface area (Å²) in [7, 11) is 1.25. The van der Waals surface area contributed by atoms with Gasteiger partial charge in [0.25, 0.3) is 0 Å². The first kappa shape index (κ1) is 15.3. The van der Waals surface area contributed by atoms with Crippen molar-refractivity contribution in [3.63, 3.8) is 0 Å². The molecule has 3 rings (SSSR count).